The van der Waals surface area contributed by atoms with Crippen LogP contribution in [0.25, 0.3) is 0 Å². The molecule has 54 heavy (non-hydrogen) atoms. The van der Waals surface area contributed by atoms with Gasteiger partial charge in [-0.3, -0.25) is 9.59 Å². The quantitative estimate of drug-likeness (QED) is 0.113. The highest BCUT2D eigenvalue weighted by Crippen LogP contribution is 2.39. The van der Waals surface area contributed by atoms with Crippen LogP contribution in [0.3, 0.4) is 0 Å². The molecule has 0 radical (unpaired) electrons. The predicted octanol–water partition coefficient (Wildman–Crippen LogP) is -1.72. The van der Waals surface area contributed by atoms with Crippen molar-refractivity contribution in [2.45, 2.75) is 26.2 Å². The minimum atomic E-state index is -0.201. The Morgan fingerprint density at radius 1 is 0.500 bits per heavy atom. The molecule has 0 aliphatic carbocycles. The lowest BCUT2D eigenvalue weighted by molar-refractivity contribution is -0.689. The molecule has 0 aliphatic heterocycles. The first-order valence-corrected chi connectivity index (χ1v) is 16.5. The summed E-state index contributed by atoms with van der Waals surface area (Å²) in [6.07, 6.45) is 7.51. The Kier molecular flexibility index (Phi) is 16.6. The molecule has 0 bridgehead atoms. The SMILES string of the molecule is COc1cc(CNC(=O)c2ccc[n+](Cc3ccc(C[n+]4cccc(C(=O)NCc5cc(OC)c(OC)c(OC)c5)c4)cc3)c2)cc(OC)c1OC.[Br-].[Br-]. The number of ether oxygens (including phenoxy) is 6. The molecule has 12 nitrogen and oxygen atoms in total. The van der Waals surface area contributed by atoms with Gasteiger partial charge in [0.05, 0.1) is 42.7 Å². The lowest BCUT2D eigenvalue weighted by atomic mass is 10.1. The van der Waals surface area contributed by atoms with E-state index in [1.54, 1.807) is 54.8 Å². The molecule has 14 heteroatoms. The van der Waals surface area contributed by atoms with E-state index in [1.807, 2.05) is 70.3 Å². The third-order valence-electron chi connectivity index (χ3n) is 8.35. The average molecular weight is 869 g/mol. The first kappa shape index (κ1) is 43.1. The molecule has 3 aromatic carbocycles. The summed E-state index contributed by atoms with van der Waals surface area (Å²) < 4.78 is 36.4. The Balaban J connectivity index is 0.00000392. The van der Waals surface area contributed by atoms with Crippen LogP contribution in [-0.2, 0) is 26.2 Å². The Hall–Kier alpha value is -5.34. The first-order chi connectivity index (χ1) is 25.3. The lowest BCUT2D eigenvalue weighted by Crippen LogP contribution is -3.00. The summed E-state index contributed by atoms with van der Waals surface area (Å²) in [7, 11) is 9.32. The van der Waals surface area contributed by atoms with E-state index >= 15 is 0 Å². The van der Waals surface area contributed by atoms with E-state index in [2.05, 4.69) is 34.9 Å². The zero-order valence-electron chi connectivity index (χ0n) is 31.0. The van der Waals surface area contributed by atoms with Gasteiger partial charge in [0.15, 0.2) is 60.9 Å². The number of amides is 2. The van der Waals surface area contributed by atoms with Crippen LogP contribution in [0.15, 0.2) is 97.6 Å². The van der Waals surface area contributed by atoms with Gasteiger partial charge in [-0.05, 0) is 47.5 Å². The summed E-state index contributed by atoms with van der Waals surface area (Å²) in [5.41, 5.74) is 4.85. The smallest absolute Gasteiger partial charge is 0.257 e. The van der Waals surface area contributed by atoms with Gasteiger partial charge in [-0.2, -0.15) is 9.13 Å². The van der Waals surface area contributed by atoms with Crippen molar-refractivity contribution in [1.82, 2.24) is 10.6 Å². The van der Waals surface area contributed by atoms with Gasteiger partial charge in [-0.15, -0.1) is 0 Å². The summed E-state index contributed by atoms with van der Waals surface area (Å²) in [5, 5.41) is 5.94. The lowest BCUT2D eigenvalue weighted by Gasteiger charge is -2.14. The molecule has 5 rings (SSSR count). The number of hydrogen-bond acceptors (Lipinski definition) is 8. The van der Waals surface area contributed by atoms with Crippen molar-refractivity contribution in [3.63, 3.8) is 0 Å². The van der Waals surface area contributed by atoms with Crippen molar-refractivity contribution in [1.29, 1.82) is 0 Å². The third-order valence-corrected chi connectivity index (χ3v) is 8.35. The number of nitrogens with zero attached hydrogens (tertiary/aromatic N) is 2. The van der Waals surface area contributed by atoms with E-state index in [0.29, 0.717) is 58.7 Å². The number of hydrogen-bond donors (Lipinski definition) is 2. The van der Waals surface area contributed by atoms with Crippen molar-refractivity contribution in [2.75, 3.05) is 42.7 Å². The van der Waals surface area contributed by atoms with Crippen LogP contribution in [-0.4, -0.2) is 54.5 Å². The number of pyridine rings is 2. The summed E-state index contributed by atoms with van der Waals surface area (Å²) in [6.45, 7) is 1.74. The van der Waals surface area contributed by atoms with E-state index in [-0.39, 0.29) is 58.9 Å². The fourth-order valence-electron chi connectivity index (χ4n) is 5.72. The van der Waals surface area contributed by atoms with Gasteiger partial charge in [0.2, 0.25) is 11.5 Å². The zero-order chi connectivity index (χ0) is 37.0. The Bertz CT molecular complexity index is 1830. The predicted molar refractivity (Wildman–Crippen MR) is 192 cm³/mol. The molecule has 2 amide bonds. The molecular weight excluding hydrogens is 824 g/mol. The Morgan fingerprint density at radius 3 is 1.13 bits per heavy atom. The van der Waals surface area contributed by atoms with Gasteiger partial charge >= 0.3 is 0 Å². The van der Waals surface area contributed by atoms with E-state index in [0.717, 1.165) is 22.3 Å². The van der Waals surface area contributed by atoms with Crippen LogP contribution in [0.5, 0.6) is 34.5 Å². The van der Waals surface area contributed by atoms with Gasteiger partial charge in [-0.25, -0.2) is 0 Å². The molecule has 286 valence electrons. The second-order valence-corrected chi connectivity index (χ2v) is 11.8. The van der Waals surface area contributed by atoms with Gasteiger partial charge in [0.1, 0.15) is 11.1 Å². The highest BCUT2D eigenvalue weighted by atomic mass is 79.9. The van der Waals surface area contributed by atoms with Crippen molar-refractivity contribution < 1.29 is 81.1 Å². The topological polar surface area (TPSA) is 121 Å². The molecule has 0 atom stereocenters. The largest absolute Gasteiger partial charge is 1.00 e. The van der Waals surface area contributed by atoms with Crippen LogP contribution in [0.4, 0.5) is 0 Å². The van der Waals surface area contributed by atoms with E-state index < -0.39 is 0 Å². The molecule has 0 saturated heterocycles. The number of rotatable bonds is 16. The summed E-state index contributed by atoms with van der Waals surface area (Å²) in [6, 6.07) is 22.8. The van der Waals surface area contributed by atoms with Gasteiger partial charge in [-0.1, -0.05) is 24.3 Å². The number of halogens is 2. The van der Waals surface area contributed by atoms with Crippen LogP contribution >= 0.6 is 0 Å². The molecule has 0 aliphatic rings. The molecule has 2 N–H and O–H groups in total. The highest BCUT2D eigenvalue weighted by molar-refractivity contribution is 5.94. The molecule has 5 aromatic rings. The zero-order valence-corrected chi connectivity index (χ0v) is 34.2. The Labute approximate surface area is 336 Å². The van der Waals surface area contributed by atoms with Gasteiger partial charge in [0, 0.05) is 36.3 Å². The number of carbonyl (C=O) groups excluding carboxylic acids is 2. The molecule has 0 spiro atoms. The maximum Gasteiger partial charge on any atom is 0.257 e. The van der Waals surface area contributed by atoms with Crippen molar-refractivity contribution in [3.8, 4) is 34.5 Å². The third kappa shape index (κ3) is 10.9. The van der Waals surface area contributed by atoms with E-state index in [1.165, 1.54) is 0 Å². The normalized spacial score (nSPS) is 10.2. The minimum absolute atomic E-state index is 0. The van der Waals surface area contributed by atoms with Gasteiger partial charge < -0.3 is 73.0 Å². The fraction of sp³-hybridized carbons (Fsp3) is 0.250. The number of benzene rings is 3. The second kappa shape index (κ2) is 20.8. The molecule has 2 heterocycles. The van der Waals surface area contributed by atoms with Crippen LogP contribution in [0.1, 0.15) is 43.0 Å². The van der Waals surface area contributed by atoms with Crippen molar-refractivity contribution in [2.24, 2.45) is 0 Å². The average Bonchev–Trinajstić information content (AvgIpc) is 3.18. The number of methoxy groups -OCH3 is 6. The van der Waals surface area contributed by atoms with Crippen molar-refractivity contribution >= 4 is 11.8 Å². The van der Waals surface area contributed by atoms with Crippen LogP contribution in [0, 0.1) is 0 Å². The van der Waals surface area contributed by atoms with E-state index in [4.69, 9.17) is 28.4 Å². The Morgan fingerprint density at radius 2 is 0.833 bits per heavy atom. The minimum Gasteiger partial charge on any atom is -1.00 e. The first-order valence-electron chi connectivity index (χ1n) is 16.5. The molecule has 0 saturated carbocycles. The van der Waals surface area contributed by atoms with E-state index in [9.17, 15) is 9.59 Å². The second-order valence-electron chi connectivity index (χ2n) is 11.8. The molecule has 0 fully saturated rings. The summed E-state index contributed by atoms with van der Waals surface area (Å²) >= 11 is 0. The molecular formula is C40H44Br2N4O8. The monoisotopic (exact) mass is 866 g/mol. The number of nitrogens with one attached hydrogen (secondary N) is 2. The maximum atomic E-state index is 13.1. The summed E-state index contributed by atoms with van der Waals surface area (Å²) in [5.74, 6) is 2.68. The van der Waals surface area contributed by atoms with Crippen molar-refractivity contribution in [3.05, 3.63) is 131 Å². The number of aromatic nitrogens is 2. The highest BCUT2D eigenvalue weighted by Gasteiger charge is 2.17. The molecule has 0 unspecified atom stereocenters. The van der Waals surface area contributed by atoms with Crippen LogP contribution < -0.4 is 82.2 Å². The maximum absolute atomic E-state index is 13.1. The van der Waals surface area contributed by atoms with Crippen LogP contribution in [0.2, 0.25) is 0 Å². The fourth-order valence-corrected chi connectivity index (χ4v) is 5.72. The standard InChI is InChI=1S/C40H42N4O8.2BrH/c1-47-33-17-29(18-34(48-2)37(33)51-5)21-41-39(45)31-9-7-15-43(25-31)23-27-11-13-28(14-12-27)24-44-16-8-10-32(26-44)40(46)42-22-30-19-35(49-3)38(52-6)36(20-30)50-4;;/h7-20,25-26H,21-24H2,1-6H3;2*1H. The molecule has 2 aromatic heterocycles. The number of carbonyl (C=O) groups is 2. The van der Waals surface area contributed by atoms with Gasteiger partial charge in [0.25, 0.3) is 11.8 Å². The summed E-state index contributed by atoms with van der Waals surface area (Å²) in [4.78, 5) is 26.1.